The summed E-state index contributed by atoms with van der Waals surface area (Å²) in [6.07, 6.45) is 8.70. The summed E-state index contributed by atoms with van der Waals surface area (Å²) in [5, 5.41) is 12.9. The lowest BCUT2D eigenvalue weighted by Gasteiger charge is -2.33. The molecule has 0 radical (unpaired) electrons. The first-order chi connectivity index (χ1) is 10.2. The average molecular weight is 296 g/mol. The maximum Gasteiger partial charge on any atom is 0.220 e. The van der Waals surface area contributed by atoms with E-state index in [1.54, 1.807) is 7.11 Å². The Hall–Kier alpha value is -0.910. The highest BCUT2D eigenvalue weighted by molar-refractivity contribution is 5.76. The zero-order chi connectivity index (χ0) is 15.1. The number of amides is 1. The quantitative estimate of drug-likeness (QED) is 0.686. The lowest BCUT2D eigenvalue weighted by molar-refractivity contribution is -0.122. The normalized spacial score (nSPS) is 25.1. The minimum absolute atomic E-state index is 0.185. The monoisotopic (exact) mass is 296 g/mol. The number of aliphatic hydroxyl groups excluding tert-OH is 1. The fourth-order valence-electron chi connectivity index (χ4n) is 3.19. The number of nitrogens with one attached hydrogen (secondary N) is 1. The van der Waals surface area contributed by atoms with Gasteiger partial charge in [-0.15, -0.1) is 0 Å². The van der Waals surface area contributed by atoms with E-state index in [0.717, 1.165) is 38.8 Å². The molecule has 0 saturated carbocycles. The highest BCUT2D eigenvalue weighted by Gasteiger charge is 2.23. The molecule has 5 nitrogen and oxygen atoms in total. The second-order valence-electron chi connectivity index (χ2n) is 6.22. The Balaban J connectivity index is 1.62. The molecule has 0 spiro atoms. The van der Waals surface area contributed by atoms with E-state index in [4.69, 9.17) is 4.74 Å². The Kier molecular flexibility index (Phi) is 6.67. The SMILES string of the molecule is COCC(O)CN1CCC(NC(=O)CC2C=CCC2)CC1. The third kappa shape index (κ3) is 5.77. The Labute approximate surface area is 127 Å². The lowest BCUT2D eigenvalue weighted by atomic mass is 10.0. The smallest absolute Gasteiger partial charge is 0.220 e. The van der Waals surface area contributed by atoms with Crippen molar-refractivity contribution in [2.75, 3.05) is 33.4 Å². The van der Waals surface area contributed by atoms with Crippen LogP contribution in [-0.4, -0.2) is 61.4 Å². The molecule has 1 saturated heterocycles. The van der Waals surface area contributed by atoms with Crippen LogP contribution in [0.2, 0.25) is 0 Å². The summed E-state index contributed by atoms with van der Waals surface area (Å²) in [7, 11) is 1.60. The molecule has 1 heterocycles. The van der Waals surface area contributed by atoms with Crippen molar-refractivity contribution in [3.05, 3.63) is 12.2 Å². The summed E-state index contributed by atoms with van der Waals surface area (Å²) in [4.78, 5) is 14.2. The highest BCUT2D eigenvalue weighted by Crippen LogP contribution is 2.20. The molecule has 1 amide bonds. The molecule has 120 valence electrons. The van der Waals surface area contributed by atoms with Crippen LogP contribution >= 0.6 is 0 Å². The topological polar surface area (TPSA) is 61.8 Å². The minimum Gasteiger partial charge on any atom is -0.389 e. The fraction of sp³-hybridized carbons (Fsp3) is 0.812. The van der Waals surface area contributed by atoms with E-state index in [1.807, 2.05) is 0 Å². The molecular formula is C16H28N2O3. The van der Waals surface area contributed by atoms with Crippen molar-refractivity contribution >= 4 is 5.91 Å². The number of likely N-dealkylation sites (tertiary alicyclic amines) is 1. The second-order valence-corrected chi connectivity index (χ2v) is 6.22. The van der Waals surface area contributed by atoms with Crippen LogP contribution in [0.15, 0.2) is 12.2 Å². The molecule has 1 aliphatic carbocycles. The molecule has 5 heteroatoms. The van der Waals surface area contributed by atoms with Gasteiger partial charge in [0.05, 0.1) is 12.7 Å². The molecular weight excluding hydrogens is 268 g/mol. The number of piperidine rings is 1. The van der Waals surface area contributed by atoms with Gasteiger partial charge in [0.15, 0.2) is 0 Å². The van der Waals surface area contributed by atoms with E-state index in [9.17, 15) is 9.90 Å². The van der Waals surface area contributed by atoms with E-state index < -0.39 is 6.10 Å². The molecule has 0 bridgehead atoms. The fourth-order valence-corrected chi connectivity index (χ4v) is 3.19. The summed E-state index contributed by atoms with van der Waals surface area (Å²) in [5.74, 6) is 0.624. The number of allylic oxidation sites excluding steroid dienone is 2. The number of aliphatic hydroxyl groups is 1. The van der Waals surface area contributed by atoms with Crippen LogP contribution in [0.4, 0.5) is 0 Å². The van der Waals surface area contributed by atoms with Crippen LogP contribution in [-0.2, 0) is 9.53 Å². The van der Waals surface area contributed by atoms with Gasteiger partial charge in [0.1, 0.15) is 0 Å². The molecule has 2 unspecified atom stereocenters. The van der Waals surface area contributed by atoms with Gasteiger partial charge in [-0.2, -0.15) is 0 Å². The van der Waals surface area contributed by atoms with Gasteiger partial charge in [0.25, 0.3) is 0 Å². The van der Waals surface area contributed by atoms with Gasteiger partial charge in [0.2, 0.25) is 5.91 Å². The van der Waals surface area contributed by atoms with Crippen LogP contribution in [0.1, 0.15) is 32.1 Å². The molecule has 1 aliphatic heterocycles. The van der Waals surface area contributed by atoms with Gasteiger partial charge in [0, 0.05) is 39.2 Å². The Morgan fingerprint density at radius 3 is 2.81 bits per heavy atom. The van der Waals surface area contributed by atoms with Gasteiger partial charge in [-0.05, 0) is 31.6 Å². The highest BCUT2D eigenvalue weighted by atomic mass is 16.5. The Morgan fingerprint density at radius 1 is 1.43 bits per heavy atom. The van der Waals surface area contributed by atoms with Crippen molar-refractivity contribution in [3.63, 3.8) is 0 Å². The number of carbonyl (C=O) groups is 1. The van der Waals surface area contributed by atoms with Crippen LogP contribution in [0.5, 0.6) is 0 Å². The number of nitrogens with zero attached hydrogens (tertiary/aromatic N) is 1. The lowest BCUT2D eigenvalue weighted by Crippen LogP contribution is -2.47. The number of carbonyl (C=O) groups excluding carboxylic acids is 1. The molecule has 1 fully saturated rings. The first kappa shape index (κ1) is 16.5. The van der Waals surface area contributed by atoms with Crippen molar-refractivity contribution in [1.82, 2.24) is 10.2 Å². The molecule has 0 aromatic heterocycles. The summed E-state index contributed by atoms with van der Waals surface area (Å²) >= 11 is 0. The third-order valence-electron chi connectivity index (χ3n) is 4.34. The van der Waals surface area contributed by atoms with Crippen LogP contribution in [0, 0.1) is 5.92 Å². The van der Waals surface area contributed by atoms with Crippen molar-refractivity contribution < 1.29 is 14.6 Å². The molecule has 0 aromatic carbocycles. The van der Waals surface area contributed by atoms with Gasteiger partial charge in [-0.25, -0.2) is 0 Å². The van der Waals surface area contributed by atoms with Crippen molar-refractivity contribution in [3.8, 4) is 0 Å². The molecule has 21 heavy (non-hydrogen) atoms. The van der Waals surface area contributed by atoms with Gasteiger partial charge >= 0.3 is 0 Å². The maximum atomic E-state index is 12.0. The first-order valence-corrected chi connectivity index (χ1v) is 8.02. The van der Waals surface area contributed by atoms with Crippen molar-refractivity contribution in [2.45, 2.75) is 44.2 Å². The average Bonchev–Trinajstić information content (AvgIpc) is 2.94. The molecule has 2 rings (SSSR count). The van der Waals surface area contributed by atoms with Gasteiger partial charge in [-0.3, -0.25) is 4.79 Å². The predicted molar refractivity (Wildman–Crippen MR) is 82.0 cm³/mol. The van der Waals surface area contributed by atoms with E-state index in [1.165, 1.54) is 0 Å². The maximum absolute atomic E-state index is 12.0. The summed E-state index contributed by atoms with van der Waals surface area (Å²) in [5.41, 5.74) is 0. The molecule has 2 N–H and O–H groups in total. The summed E-state index contributed by atoms with van der Waals surface area (Å²) < 4.78 is 4.94. The predicted octanol–water partition coefficient (Wildman–Crippen LogP) is 0.931. The van der Waals surface area contributed by atoms with Gasteiger partial charge in [-0.1, -0.05) is 12.2 Å². The Bertz CT molecular complexity index is 351. The Morgan fingerprint density at radius 2 is 2.19 bits per heavy atom. The van der Waals surface area contributed by atoms with Crippen molar-refractivity contribution in [2.24, 2.45) is 5.92 Å². The largest absolute Gasteiger partial charge is 0.389 e. The zero-order valence-electron chi connectivity index (χ0n) is 13.0. The standard InChI is InChI=1S/C16H28N2O3/c1-21-12-15(19)11-18-8-6-14(7-9-18)17-16(20)10-13-4-2-3-5-13/h2,4,13-15,19H,3,5-12H2,1H3,(H,17,20). The minimum atomic E-state index is -0.421. The van der Waals surface area contributed by atoms with Crippen LogP contribution in [0.25, 0.3) is 0 Å². The van der Waals surface area contributed by atoms with Crippen LogP contribution in [0.3, 0.4) is 0 Å². The summed E-state index contributed by atoms with van der Waals surface area (Å²) in [6, 6.07) is 0.290. The van der Waals surface area contributed by atoms with Crippen LogP contribution < -0.4 is 5.32 Å². The summed E-state index contributed by atoms with van der Waals surface area (Å²) in [6.45, 7) is 2.89. The van der Waals surface area contributed by atoms with E-state index in [2.05, 4.69) is 22.4 Å². The third-order valence-corrected chi connectivity index (χ3v) is 4.34. The molecule has 2 atom stereocenters. The van der Waals surface area contributed by atoms with Gasteiger partial charge < -0.3 is 20.1 Å². The van der Waals surface area contributed by atoms with E-state index >= 15 is 0 Å². The molecule has 0 aromatic rings. The number of β-amino-alcohol motifs (C(OH)–C–C–N with tert-alkyl or cyclic N) is 1. The number of rotatable bonds is 7. The number of hydrogen-bond donors (Lipinski definition) is 2. The number of methoxy groups -OCH3 is 1. The molecule has 2 aliphatic rings. The second kappa shape index (κ2) is 8.51. The number of hydrogen-bond acceptors (Lipinski definition) is 4. The zero-order valence-corrected chi connectivity index (χ0v) is 13.0. The van der Waals surface area contributed by atoms with Crippen molar-refractivity contribution in [1.29, 1.82) is 0 Å². The van der Waals surface area contributed by atoms with E-state index in [0.29, 0.717) is 31.5 Å². The number of ether oxygens (including phenoxy) is 1. The van der Waals surface area contributed by atoms with E-state index in [-0.39, 0.29) is 5.91 Å². The first-order valence-electron chi connectivity index (χ1n) is 8.02.